The fourth-order valence-corrected chi connectivity index (χ4v) is 5.30. The summed E-state index contributed by atoms with van der Waals surface area (Å²) in [6.07, 6.45) is 3.76. The molecule has 1 aliphatic heterocycles. The Kier molecular flexibility index (Phi) is 5.62. The largest absolute Gasteiger partial charge is 0.330 e. The summed E-state index contributed by atoms with van der Waals surface area (Å²) in [5.74, 6) is -0.0706. The maximum absolute atomic E-state index is 12.8. The SMILES string of the molecule is Cc1ccc(C)c(NC(=O)CCn2cnc3cc(S(=O)(=O)N4CCCC4)ccc32)c1. The van der Waals surface area contributed by atoms with Crippen molar-refractivity contribution in [3.05, 3.63) is 53.9 Å². The Morgan fingerprint density at radius 2 is 1.87 bits per heavy atom. The maximum atomic E-state index is 12.8. The van der Waals surface area contributed by atoms with Gasteiger partial charge in [-0.2, -0.15) is 4.31 Å². The van der Waals surface area contributed by atoms with Crippen molar-refractivity contribution in [2.45, 2.75) is 44.6 Å². The smallest absolute Gasteiger partial charge is 0.243 e. The molecule has 0 spiro atoms. The maximum Gasteiger partial charge on any atom is 0.243 e. The molecule has 0 aliphatic carbocycles. The van der Waals surface area contributed by atoms with Crippen molar-refractivity contribution in [2.75, 3.05) is 18.4 Å². The standard InChI is InChI=1S/C22H26N4O3S/c1-16-5-6-17(2)19(13-16)24-22(27)9-12-25-15-23-20-14-18(7-8-21(20)25)30(28,29)26-10-3-4-11-26/h5-8,13-15H,3-4,9-12H2,1-2H3,(H,24,27). The molecule has 0 unspecified atom stereocenters. The number of fused-ring (bicyclic) bond motifs is 1. The van der Waals surface area contributed by atoms with E-state index in [1.54, 1.807) is 24.5 Å². The number of nitrogens with zero attached hydrogens (tertiary/aromatic N) is 3. The molecule has 2 heterocycles. The van der Waals surface area contributed by atoms with Gasteiger partial charge in [-0.25, -0.2) is 13.4 Å². The molecule has 158 valence electrons. The molecular weight excluding hydrogens is 400 g/mol. The van der Waals surface area contributed by atoms with Gasteiger partial charge in [-0.05, 0) is 62.1 Å². The van der Waals surface area contributed by atoms with Gasteiger partial charge in [-0.1, -0.05) is 12.1 Å². The summed E-state index contributed by atoms with van der Waals surface area (Å²) >= 11 is 0. The second-order valence-corrected chi connectivity index (χ2v) is 9.75. The third-order valence-electron chi connectivity index (χ3n) is 5.54. The molecule has 1 saturated heterocycles. The van der Waals surface area contributed by atoms with Crippen molar-refractivity contribution in [3.8, 4) is 0 Å². The molecule has 1 N–H and O–H groups in total. The van der Waals surface area contributed by atoms with Crippen LogP contribution < -0.4 is 5.32 Å². The second-order valence-electron chi connectivity index (χ2n) is 7.82. The summed E-state index contributed by atoms with van der Waals surface area (Å²) in [6, 6.07) is 11.0. The van der Waals surface area contributed by atoms with Crippen LogP contribution in [0.15, 0.2) is 47.6 Å². The molecule has 3 aromatic rings. The number of anilines is 1. The van der Waals surface area contributed by atoms with E-state index in [1.165, 1.54) is 4.31 Å². The Bertz CT molecular complexity index is 1190. The molecule has 1 aromatic heterocycles. The van der Waals surface area contributed by atoms with Gasteiger partial charge in [0, 0.05) is 31.7 Å². The fourth-order valence-electron chi connectivity index (χ4n) is 3.77. The number of sulfonamides is 1. The molecular formula is C22H26N4O3S. The lowest BCUT2D eigenvalue weighted by Gasteiger charge is -2.15. The van der Waals surface area contributed by atoms with E-state index in [0.29, 0.717) is 31.6 Å². The van der Waals surface area contributed by atoms with Crippen LogP contribution in [-0.4, -0.2) is 41.3 Å². The quantitative estimate of drug-likeness (QED) is 0.654. The van der Waals surface area contributed by atoms with Crippen LogP contribution in [0.1, 0.15) is 30.4 Å². The first kappa shape index (κ1) is 20.6. The van der Waals surface area contributed by atoms with E-state index in [0.717, 1.165) is 35.2 Å². The number of hydrogen-bond acceptors (Lipinski definition) is 4. The Labute approximate surface area is 176 Å². The number of imidazole rings is 1. The lowest BCUT2D eigenvalue weighted by molar-refractivity contribution is -0.116. The van der Waals surface area contributed by atoms with Gasteiger partial charge in [-0.3, -0.25) is 4.79 Å². The van der Waals surface area contributed by atoms with Gasteiger partial charge < -0.3 is 9.88 Å². The zero-order chi connectivity index (χ0) is 21.3. The zero-order valence-electron chi connectivity index (χ0n) is 17.3. The predicted octanol–water partition coefficient (Wildman–Crippen LogP) is 3.47. The molecule has 0 saturated carbocycles. The van der Waals surface area contributed by atoms with Crippen LogP contribution in [0.4, 0.5) is 5.69 Å². The molecule has 0 atom stereocenters. The van der Waals surface area contributed by atoms with E-state index in [4.69, 9.17) is 0 Å². The first-order chi connectivity index (χ1) is 14.3. The third-order valence-corrected chi connectivity index (χ3v) is 7.44. The second kappa shape index (κ2) is 8.20. The number of hydrogen-bond donors (Lipinski definition) is 1. The zero-order valence-corrected chi connectivity index (χ0v) is 18.1. The Morgan fingerprint density at radius 3 is 2.63 bits per heavy atom. The Balaban J connectivity index is 1.46. The molecule has 4 rings (SSSR count). The van der Waals surface area contributed by atoms with Crippen molar-refractivity contribution < 1.29 is 13.2 Å². The first-order valence-corrected chi connectivity index (χ1v) is 11.6. The number of rotatable bonds is 6. The highest BCUT2D eigenvalue weighted by molar-refractivity contribution is 7.89. The van der Waals surface area contributed by atoms with E-state index in [2.05, 4.69) is 10.3 Å². The van der Waals surface area contributed by atoms with Gasteiger partial charge in [0.05, 0.1) is 22.3 Å². The van der Waals surface area contributed by atoms with Crippen molar-refractivity contribution in [2.24, 2.45) is 0 Å². The van der Waals surface area contributed by atoms with Crippen LogP contribution >= 0.6 is 0 Å². The lowest BCUT2D eigenvalue weighted by Crippen LogP contribution is -2.27. The van der Waals surface area contributed by atoms with Crippen LogP contribution in [0.3, 0.4) is 0 Å². The summed E-state index contributed by atoms with van der Waals surface area (Å²) in [4.78, 5) is 17.0. The number of nitrogens with one attached hydrogen (secondary N) is 1. The minimum atomic E-state index is -3.47. The number of carbonyl (C=O) groups is 1. The van der Waals surface area contributed by atoms with Crippen molar-refractivity contribution >= 4 is 32.7 Å². The van der Waals surface area contributed by atoms with Gasteiger partial charge in [0.15, 0.2) is 0 Å². The Morgan fingerprint density at radius 1 is 1.10 bits per heavy atom. The van der Waals surface area contributed by atoms with E-state index >= 15 is 0 Å². The van der Waals surface area contributed by atoms with Crippen molar-refractivity contribution in [1.82, 2.24) is 13.9 Å². The molecule has 8 heteroatoms. The number of aryl methyl sites for hydroxylation is 3. The highest BCUT2D eigenvalue weighted by atomic mass is 32.2. The van der Waals surface area contributed by atoms with E-state index in [9.17, 15) is 13.2 Å². The molecule has 1 aliphatic rings. The average Bonchev–Trinajstić information content (AvgIpc) is 3.39. The van der Waals surface area contributed by atoms with Crippen LogP contribution in [0, 0.1) is 13.8 Å². The molecule has 30 heavy (non-hydrogen) atoms. The van der Waals surface area contributed by atoms with E-state index < -0.39 is 10.0 Å². The van der Waals surface area contributed by atoms with Gasteiger partial charge in [0.1, 0.15) is 0 Å². The summed E-state index contributed by atoms with van der Waals surface area (Å²) in [7, 11) is -3.47. The summed E-state index contributed by atoms with van der Waals surface area (Å²) in [5, 5.41) is 2.96. The summed E-state index contributed by atoms with van der Waals surface area (Å²) < 4.78 is 28.9. The number of carbonyl (C=O) groups excluding carboxylic acids is 1. The first-order valence-electron chi connectivity index (χ1n) is 10.2. The van der Waals surface area contributed by atoms with Gasteiger partial charge in [0.25, 0.3) is 0 Å². The molecule has 0 bridgehead atoms. The Hall–Kier alpha value is -2.71. The monoisotopic (exact) mass is 426 g/mol. The number of aromatic nitrogens is 2. The highest BCUT2D eigenvalue weighted by Crippen LogP contribution is 2.24. The van der Waals surface area contributed by atoms with E-state index in [-0.39, 0.29) is 10.8 Å². The molecule has 1 fully saturated rings. The minimum Gasteiger partial charge on any atom is -0.330 e. The van der Waals surface area contributed by atoms with E-state index in [1.807, 2.05) is 36.6 Å². The summed E-state index contributed by atoms with van der Waals surface area (Å²) in [5.41, 5.74) is 4.37. The van der Waals surface area contributed by atoms with Crippen LogP contribution in [0.25, 0.3) is 11.0 Å². The van der Waals surface area contributed by atoms with Gasteiger partial charge >= 0.3 is 0 Å². The molecule has 0 radical (unpaired) electrons. The minimum absolute atomic E-state index is 0.0706. The van der Waals surface area contributed by atoms with Gasteiger partial charge in [-0.15, -0.1) is 0 Å². The van der Waals surface area contributed by atoms with Gasteiger partial charge in [0.2, 0.25) is 15.9 Å². The number of benzene rings is 2. The lowest BCUT2D eigenvalue weighted by atomic mass is 10.1. The summed E-state index contributed by atoms with van der Waals surface area (Å²) in [6.45, 7) is 5.57. The molecule has 1 amide bonds. The fraction of sp³-hybridized carbons (Fsp3) is 0.364. The third kappa shape index (κ3) is 4.11. The van der Waals surface area contributed by atoms with Crippen molar-refractivity contribution in [1.29, 1.82) is 0 Å². The predicted molar refractivity (Wildman–Crippen MR) is 117 cm³/mol. The normalized spacial score (nSPS) is 15.0. The van der Waals surface area contributed by atoms with Crippen molar-refractivity contribution in [3.63, 3.8) is 0 Å². The highest BCUT2D eigenvalue weighted by Gasteiger charge is 2.27. The van der Waals surface area contributed by atoms with Crippen LogP contribution in [0.5, 0.6) is 0 Å². The van der Waals surface area contributed by atoms with Crippen LogP contribution in [-0.2, 0) is 21.4 Å². The number of amides is 1. The average molecular weight is 427 g/mol. The molecule has 7 nitrogen and oxygen atoms in total. The van der Waals surface area contributed by atoms with Crippen LogP contribution in [0.2, 0.25) is 0 Å². The topological polar surface area (TPSA) is 84.3 Å². The molecule has 2 aromatic carbocycles.